The number of anilines is 2. The zero-order valence-electron chi connectivity index (χ0n) is 10.1. The molecule has 0 fully saturated rings. The first kappa shape index (κ1) is 13.1. The topological polar surface area (TPSA) is 98.2 Å². The summed E-state index contributed by atoms with van der Waals surface area (Å²) < 4.78 is 0. The summed E-state index contributed by atoms with van der Waals surface area (Å²) in [5, 5.41) is 11.0. The van der Waals surface area contributed by atoms with Crippen molar-refractivity contribution >= 4 is 17.3 Å². The van der Waals surface area contributed by atoms with Gasteiger partial charge in [-0.15, -0.1) is 0 Å². The summed E-state index contributed by atoms with van der Waals surface area (Å²) in [4.78, 5) is 19.9. The van der Waals surface area contributed by atoms with Gasteiger partial charge in [0.05, 0.1) is 4.92 Å². The Morgan fingerprint density at radius 2 is 2.18 bits per heavy atom. The molecule has 0 saturated heterocycles. The average Bonchev–Trinajstić information content (AvgIpc) is 2.29. The molecule has 0 amide bonds. The van der Waals surface area contributed by atoms with Crippen LogP contribution >= 0.6 is 0 Å². The summed E-state index contributed by atoms with van der Waals surface area (Å²) in [6.07, 6.45) is 3.23. The van der Waals surface area contributed by atoms with E-state index in [1.807, 2.05) is 11.8 Å². The van der Waals surface area contributed by atoms with E-state index in [0.717, 1.165) is 19.4 Å². The van der Waals surface area contributed by atoms with Crippen molar-refractivity contribution in [1.29, 1.82) is 0 Å². The van der Waals surface area contributed by atoms with Crippen LogP contribution in [0.2, 0.25) is 0 Å². The zero-order valence-corrected chi connectivity index (χ0v) is 10.1. The number of rotatable bonds is 6. The molecule has 0 saturated carbocycles. The predicted molar refractivity (Wildman–Crippen MR) is 65.9 cm³/mol. The van der Waals surface area contributed by atoms with E-state index in [9.17, 15) is 10.1 Å². The summed E-state index contributed by atoms with van der Waals surface area (Å²) in [7, 11) is 0. The average molecular weight is 239 g/mol. The normalized spacial score (nSPS) is 10.2. The van der Waals surface area contributed by atoms with Gasteiger partial charge in [-0.3, -0.25) is 10.1 Å². The van der Waals surface area contributed by atoms with Gasteiger partial charge in [0.1, 0.15) is 6.33 Å². The lowest BCUT2D eigenvalue weighted by atomic mass is 10.3. The molecule has 0 aliphatic heterocycles. The van der Waals surface area contributed by atoms with Crippen LogP contribution in [-0.4, -0.2) is 28.0 Å². The largest absolute Gasteiger partial charge is 0.378 e. The molecule has 0 spiro atoms. The van der Waals surface area contributed by atoms with Crippen molar-refractivity contribution in [3.63, 3.8) is 0 Å². The third kappa shape index (κ3) is 3.02. The van der Waals surface area contributed by atoms with E-state index in [4.69, 9.17) is 5.73 Å². The van der Waals surface area contributed by atoms with Crippen molar-refractivity contribution in [1.82, 2.24) is 9.97 Å². The van der Waals surface area contributed by atoms with Crippen molar-refractivity contribution in [2.24, 2.45) is 0 Å². The van der Waals surface area contributed by atoms with Gasteiger partial charge >= 0.3 is 5.69 Å². The van der Waals surface area contributed by atoms with Gasteiger partial charge in [0.15, 0.2) is 0 Å². The zero-order chi connectivity index (χ0) is 12.8. The number of hydrogen-bond acceptors (Lipinski definition) is 6. The number of nitrogen functional groups attached to an aromatic ring is 1. The molecule has 0 bridgehead atoms. The molecule has 0 radical (unpaired) electrons. The highest BCUT2D eigenvalue weighted by Gasteiger charge is 2.24. The molecule has 94 valence electrons. The van der Waals surface area contributed by atoms with Gasteiger partial charge in [-0.1, -0.05) is 13.3 Å². The summed E-state index contributed by atoms with van der Waals surface area (Å²) in [6, 6.07) is 0. The molecule has 1 heterocycles. The minimum absolute atomic E-state index is 0.0880. The standard InChI is InChI=1S/C10H17N5O2/c1-3-5-6-14(4-2)10-8(15(16)17)9(11)12-7-13-10/h7H,3-6H2,1-2H3,(H2,11,12,13). The van der Waals surface area contributed by atoms with E-state index in [1.165, 1.54) is 6.33 Å². The molecule has 17 heavy (non-hydrogen) atoms. The van der Waals surface area contributed by atoms with Gasteiger partial charge in [-0.2, -0.15) is 0 Å². The highest BCUT2D eigenvalue weighted by molar-refractivity contribution is 5.68. The van der Waals surface area contributed by atoms with E-state index in [1.54, 1.807) is 0 Å². The van der Waals surface area contributed by atoms with Crippen molar-refractivity contribution < 1.29 is 4.92 Å². The summed E-state index contributed by atoms with van der Waals surface area (Å²) in [6.45, 7) is 5.37. The van der Waals surface area contributed by atoms with Crippen molar-refractivity contribution in [3.8, 4) is 0 Å². The second kappa shape index (κ2) is 5.97. The minimum atomic E-state index is -0.528. The number of unbranched alkanes of at least 4 members (excludes halogenated alkanes) is 1. The number of hydrogen-bond donors (Lipinski definition) is 1. The van der Waals surface area contributed by atoms with E-state index < -0.39 is 4.92 Å². The molecule has 0 aliphatic rings. The lowest BCUT2D eigenvalue weighted by Crippen LogP contribution is -2.26. The second-order valence-corrected chi connectivity index (χ2v) is 3.62. The number of nitrogens with two attached hydrogens (primary N) is 1. The highest BCUT2D eigenvalue weighted by Crippen LogP contribution is 2.29. The fraction of sp³-hybridized carbons (Fsp3) is 0.600. The number of nitro groups is 1. The van der Waals surface area contributed by atoms with Gasteiger partial charge in [-0.05, 0) is 13.3 Å². The third-order valence-electron chi connectivity index (χ3n) is 2.48. The van der Waals surface area contributed by atoms with Crippen LogP contribution in [0, 0.1) is 10.1 Å². The lowest BCUT2D eigenvalue weighted by molar-refractivity contribution is -0.383. The van der Waals surface area contributed by atoms with E-state index in [2.05, 4.69) is 16.9 Å². The van der Waals surface area contributed by atoms with Crippen LogP contribution in [0.15, 0.2) is 6.33 Å². The van der Waals surface area contributed by atoms with Crippen LogP contribution in [0.4, 0.5) is 17.3 Å². The van der Waals surface area contributed by atoms with Crippen LogP contribution in [0.5, 0.6) is 0 Å². The molecule has 1 aromatic rings. The Kier molecular flexibility index (Phi) is 4.62. The molecule has 7 heteroatoms. The van der Waals surface area contributed by atoms with E-state index in [-0.39, 0.29) is 11.5 Å². The van der Waals surface area contributed by atoms with Gasteiger partial charge in [-0.25, -0.2) is 9.97 Å². The Balaban J connectivity index is 3.09. The Labute approximate surface area is 99.8 Å². The van der Waals surface area contributed by atoms with Gasteiger partial charge in [0.2, 0.25) is 11.6 Å². The van der Waals surface area contributed by atoms with Crippen LogP contribution < -0.4 is 10.6 Å². The molecule has 1 aromatic heterocycles. The first-order valence-electron chi connectivity index (χ1n) is 5.61. The molecule has 2 N–H and O–H groups in total. The molecule has 0 aromatic carbocycles. The van der Waals surface area contributed by atoms with E-state index in [0.29, 0.717) is 12.4 Å². The summed E-state index contributed by atoms with van der Waals surface area (Å²) in [5.41, 5.74) is 5.32. The SMILES string of the molecule is CCCCN(CC)c1ncnc(N)c1[N+](=O)[O-]. The maximum absolute atomic E-state index is 11.0. The van der Waals surface area contributed by atoms with Crippen LogP contribution in [0.1, 0.15) is 26.7 Å². The smallest absolute Gasteiger partial charge is 0.353 e. The lowest BCUT2D eigenvalue weighted by Gasteiger charge is -2.21. The van der Waals surface area contributed by atoms with Gasteiger partial charge in [0.25, 0.3) is 0 Å². The molecule has 0 atom stereocenters. The monoisotopic (exact) mass is 239 g/mol. The quantitative estimate of drug-likeness (QED) is 0.598. The predicted octanol–water partition coefficient (Wildman–Crippen LogP) is 1.59. The maximum Gasteiger partial charge on any atom is 0.353 e. The molecule has 0 unspecified atom stereocenters. The first-order chi connectivity index (χ1) is 8.11. The molecular weight excluding hydrogens is 222 g/mol. The summed E-state index contributed by atoms with van der Waals surface area (Å²) in [5.74, 6) is 0.216. The number of aromatic nitrogens is 2. The third-order valence-corrected chi connectivity index (χ3v) is 2.48. The highest BCUT2D eigenvalue weighted by atomic mass is 16.6. The van der Waals surface area contributed by atoms with Crippen LogP contribution in [0.25, 0.3) is 0 Å². The van der Waals surface area contributed by atoms with Gasteiger partial charge < -0.3 is 10.6 Å². The molecular formula is C10H17N5O2. The Bertz CT molecular complexity index is 396. The molecule has 7 nitrogen and oxygen atoms in total. The van der Waals surface area contributed by atoms with Crippen LogP contribution in [0.3, 0.4) is 0 Å². The van der Waals surface area contributed by atoms with Crippen molar-refractivity contribution in [3.05, 3.63) is 16.4 Å². The minimum Gasteiger partial charge on any atom is -0.378 e. The fourth-order valence-electron chi connectivity index (χ4n) is 1.55. The Morgan fingerprint density at radius 3 is 2.71 bits per heavy atom. The van der Waals surface area contributed by atoms with E-state index >= 15 is 0 Å². The van der Waals surface area contributed by atoms with Gasteiger partial charge in [0, 0.05) is 13.1 Å². The molecule has 0 aliphatic carbocycles. The second-order valence-electron chi connectivity index (χ2n) is 3.62. The Morgan fingerprint density at radius 1 is 1.47 bits per heavy atom. The number of nitrogens with zero attached hydrogens (tertiary/aromatic N) is 4. The van der Waals surface area contributed by atoms with Crippen molar-refractivity contribution in [2.75, 3.05) is 23.7 Å². The Hall–Kier alpha value is -1.92. The maximum atomic E-state index is 11.0. The molecule has 1 rings (SSSR count). The first-order valence-corrected chi connectivity index (χ1v) is 5.61. The fourth-order valence-corrected chi connectivity index (χ4v) is 1.55. The van der Waals surface area contributed by atoms with Crippen LogP contribution in [-0.2, 0) is 0 Å². The summed E-state index contributed by atoms with van der Waals surface area (Å²) >= 11 is 0. The van der Waals surface area contributed by atoms with Crippen molar-refractivity contribution in [2.45, 2.75) is 26.7 Å².